The largest absolute Gasteiger partial charge is 0.468 e. The molecule has 0 saturated carbocycles. The summed E-state index contributed by atoms with van der Waals surface area (Å²) in [5.74, 6) is 2.23. The normalized spacial score (nSPS) is 12.8. The predicted molar refractivity (Wildman–Crippen MR) is 133 cm³/mol. The summed E-state index contributed by atoms with van der Waals surface area (Å²) >= 11 is 0. The van der Waals surface area contributed by atoms with Crippen molar-refractivity contribution in [3.63, 3.8) is 0 Å². The van der Waals surface area contributed by atoms with Gasteiger partial charge in [0.05, 0.1) is 20.7 Å². The van der Waals surface area contributed by atoms with E-state index in [1.54, 1.807) is 10.6 Å². The van der Waals surface area contributed by atoms with Gasteiger partial charge in [0.1, 0.15) is 5.73 Å². The van der Waals surface area contributed by atoms with E-state index in [0.29, 0.717) is 47.2 Å². The van der Waals surface area contributed by atoms with Crippen molar-refractivity contribution in [2.75, 3.05) is 6.61 Å². The van der Waals surface area contributed by atoms with Crippen molar-refractivity contribution >= 4 is 24.5 Å². The van der Waals surface area contributed by atoms with E-state index in [4.69, 9.17) is 23.9 Å². The Bertz CT molecular complexity index is 1520. The molecule has 4 aromatic heterocycles. The predicted octanol–water partition coefficient (Wildman–Crippen LogP) is 3.50. The van der Waals surface area contributed by atoms with Crippen LogP contribution < -0.4 is 14.3 Å². The second kappa shape index (κ2) is 9.22. The maximum Gasteiger partial charge on any atom is 0.311 e. The van der Waals surface area contributed by atoms with E-state index in [2.05, 4.69) is 52.0 Å². The van der Waals surface area contributed by atoms with Crippen LogP contribution in [0.1, 0.15) is 25.5 Å². The summed E-state index contributed by atoms with van der Waals surface area (Å²) in [5, 5.41) is 23.4. The molecular formula is C23H28N8O4Si. The summed E-state index contributed by atoms with van der Waals surface area (Å²) in [6.45, 7) is 13.0. The summed E-state index contributed by atoms with van der Waals surface area (Å²) in [6.07, 6.45) is 0. The zero-order valence-corrected chi connectivity index (χ0v) is 22.1. The van der Waals surface area contributed by atoms with E-state index >= 15 is 0 Å². The van der Waals surface area contributed by atoms with Gasteiger partial charge in [-0.2, -0.15) is 4.52 Å². The van der Waals surface area contributed by atoms with Gasteiger partial charge < -0.3 is 18.8 Å². The molecule has 4 heterocycles. The Hall–Kier alpha value is -4.00. The first-order valence-electron chi connectivity index (χ1n) is 11.7. The Morgan fingerprint density at radius 2 is 1.83 bits per heavy atom. The third-order valence-corrected chi connectivity index (χ3v) is 8.34. The Labute approximate surface area is 208 Å². The van der Waals surface area contributed by atoms with Crippen LogP contribution >= 0.6 is 0 Å². The van der Waals surface area contributed by atoms with Crippen molar-refractivity contribution in [3.8, 4) is 23.3 Å². The zero-order chi connectivity index (χ0) is 25.4. The lowest BCUT2D eigenvalue weighted by Gasteiger charge is -2.25. The van der Waals surface area contributed by atoms with Crippen molar-refractivity contribution < 1.29 is 18.8 Å². The van der Waals surface area contributed by atoms with E-state index in [-0.39, 0.29) is 12.3 Å². The van der Waals surface area contributed by atoms with Crippen LogP contribution in [0.5, 0.6) is 11.8 Å². The molecule has 12 nitrogen and oxygen atoms in total. The molecule has 1 aromatic carbocycles. The molecular weight excluding hydrogens is 480 g/mol. The van der Waals surface area contributed by atoms with E-state index < -0.39 is 8.07 Å². The lowest BCUT2D eigenvalue weighted by Crippen LogP contribution is -2.44. The average Bonchev–Trinajstić information content (AvgIpc) is 3.55. The minimum Gasteiger partial charge on any atom is -0.468 e. The van der Waals surface area contributed by atoms with Crippen LogP contribution in [0.2, 0.25) is 19.6 Å². The van der Waals surface area contributed by atoms with Crippen LogP contribution in [0, 0.1) is 6.92 Å². The fourth-order valence-corrected chi connectivity index (χ4v) is 3.86. The second-order valence-corrected chi connectivity index (χ2v) is 15.0. The van der Waals surface area contributed by atoms with E-state index in [1.165, 1.54) is 4.85 Å². The molecule has 5 rings (SSSR count). The first-order chi connectivity index (χ1) is 17.2. The molecule has 1 unspecified atom stereocenters. The number of nitrogens with zero attached hydrogens (tertiary/aromatic N) is 8. The van der Waals surface area contributed by atoms with Crippen LogP contribution in [0.25, 0.3) is 27.9 Å². The van der Waals surface area contributed by atoms with Gasteiger partial charge in [0, 0.05) is 10.8 Å². The van der Waals surface area contributed by atoms with Crippen molar-refractivity contribution in [2.24, 2.45) is 0 Å². The first-order valence-corrected chi connectivity index (χ1v) is 15.3. The molecule has 0 amide bonds. The summed E-state index contributed by atoms with van der Waals surface area (Å²) in [5.41, 5.74) is 1.06. The highest BCUT2D eigenvalue weighted by atomic mass is 28.3. The lowest BCUT2D eigenvalue weighted by molar-refractivity contribution is 0.0487. The highest BCUT2D eigenvalue weighted by molar-refractivity contribution is 6.77. The van der Waals surface area contributed by atoms with Crippen LogP contribution in [-0.4, -0.2) is 60.3 Å². The number of benzene rings is 1. The van der Waals surface area contributed by atoms with E-state index in [0.717, 1.165) is 10.8 Å². The Balaban J connectivity index is 1.51. The molecule has 5 aromatic rings. The third-order valence-electron chi connectivity index (χ3n) is 5.80. The van der Waals surface area contributed by atoms with Crippen molar-refractivity contribution in [3.05, 3.63) is 42.0 Å². The Morgan fingerprint density at radius 1 is 1.06 bits per heavy atom. The quantitative estimate of drug-likeness (QED) is 0.273. The molecule has 0 bridgehead atoms. The van der Waals surface area contributed by atoms with Crippen LogP contribution in [0.15, 0.2) is 34.9 Å². The summed E-state index contributed by atoms with van der Waals surface area (Å²) < 4.78 is 18.4. The number of aryl methyl sites for hydroxylation is 1. The van der Waals surface area contributed by atoms with Gasteiger partial charge >= 0.3 is 5.95 Å². The number of hydrogen-bond acceptors (Lipinski definition) is 10. The van der Waals surface area contributed by atoms with Crippen LogP contribution in [-0.2, 0) is 6.61 Å². The number of rotatable bonds is 9. The second-order valence-electron chi connectivity index (χ2n) is 9.42. The van der Waals surface area contributed by atoms with Gasteiger partial charge in [-0.3, -0.25) is 0 Å². The van der Waals surface area contributed by atoms with Crippen molar-refractivity contribution in [1.82, 2.24) is 39.9 Å². The summed E-state index contributed by atoms with van der Waals surface area (Å²) in [4.78, 5) is 12.1. The molecule has 13 heteroatoms. The molecule has 0 radical (unpaired) electrons. The average molecular weight is 509 g/mol. The minimum absolute atomic E-state index is 0.0382. The Morgan fingerprint density at radius 3 is 2.58 bits per heavy atom. The lowest BCUT2D eigenvalue weighted by atomic mass is 10.2. The van der Waals surface area contributed by atoms with E-state index in [9.17, 15) is 0 Å². The Kier molecular flexibility index (Phi) is 6.08. The van der Waals surface area contributed by atoms with Crippen LogP contribution in [0.3, 0.4) is 0 Å². The first kappa shape index (κ1) is 23.7. The standard InChI is InChI=1S/C23H28N8O4Si/c1-7-32-20-12-18(29-34-20)22-26-25-21-16-10-8-9-11-17(16)23(28-30(21)22)33-13-19-24-14(2)27-31(19)35-15(3)36(4,5)6/h8-12,15H,7,13H2,1-6H3. The number of ether oxygens (including phenoxy) is 2. The SMILES string of the molecule is CCOc1cc(-c2nnc3c4ccccc4c(OCc4nc(C)nn4OC(C)[Si](C)(C)C)nn23)no1. The number of fused-ring (bicyclic) bond motifs is 3. The van der Waals surface area contributed by atoms with Gasteiger partial charge in [-0.15, -0.1) is 20.4 Å². The van der Waals surface area contributed by atoms with Gasteiger partial charge in [0.25, 0.3) is 0 Å². The third kappa shape index (κ3) is 4.48. The summed E-state index contributed by atoms with van der Waals surface area (Å²) in [6, 6.07) is 9.36. The van der Waals surface area contributed by atoms with Gasteiger partial charge in [0.2, 0.25) is 17.5 Å². The molecule has 0 spiro atoms. The highest BCUT2D eigenvalue weighted by Gasteiger charge is 2.27. The molecule has 0 fully saturated rings. The highest BCUT2D eigenvalue weighted by Crippen LogP contribution is 2.30. The number of hydrogen-bond donors (Lipinski definition) is 0. The molecule has 0 N–H and O–H groups in total. The zero-order valence-electron chi connectivity index (χ0n) is 21.1. The van der Waals surface area contributed by atoms with Gasteiger partial charge in [-0.05, 0) is 26.8 Å². The number of aromatic nitrogens is 8. The summed E-state index contributed by atoms with van der Waals surface area (Å²) in [7, 11) is -1.55. The molecule has 0 aliphatic rings. The molecule has 1 atom stereocenters. The van der Waals surface area contributed by atoms with Crippen molar-refractivity contribution in [2.45, 2.75) is 52.7 Å². The van der Waals surface area contributed by atoms with Gasteiger partial charge in [-0.25, -0.2) is 4.98 Å². The van der Waals surface area contributed by atoms with E-state index in [1.807, 2.05) is 38.1 Å². The van der Waals surface area contributed by atoms with Gasteiger partial charge in [-0.1, -0.05) is 47.8 Å². The molecule has 0 saturated heterocycles. The molecule has 0 aliphatic carbocycles. The topological polar surface area (TPSA) is 128 Å². The smallest absolute Gasteiger partial charge is 0.311 e. The molecule has 188 valence electrons. The van der Waals surface area contributed by atoms with Crippen molar-refractivity contribution in [1.29, 1.82) is 0 Å². The maximum absolute atomic E-state index is 6.19. The minimum atomic E-state index is -1.55. The fourth-order valence-electron chi connectivity index (χ4n) is 3.45. The van der Waals surface area contributed by atoms with Crippen LogP contribution in [0.4, 0.5) is 0 Å². The van der Waals surface area contributed by atoms with Gasteiger partial charge in [0.15, 0.2) is 23.8 Å². The monoisotopic (exact) mass is 508 g/mol. The molecule has 36 heavy (non-hydrogen) atoms. The fraction of sp³-hybridized carbons (Fsp3) is 0.391. The molecule has 0 aliphatic heterocycles. The maximum atomic E-state index is 6.19.